The number of hydrogen-bond donors (Lipinski definition) is 3. The molecule has 1 unspecified atom stereocenters. The fourth-order valence-corrected chi connectivity index (χ4v) is 0.895. The number of allylic oxidation sites excluding steroid dienone is 1. The predicted molar refractivity (Wildman–Crippen MR) is 93.5 cm³/mol. The molecule has 1 atom stereocenters. The smallest absolute Gasteiger partial charge is 0.0249 e. The van der Waals surface area contributed by atoms with E-state index < -0.39 is 0 Å². The first-order valence-electron chi connectivity index (χ1n) is 6.34. The molecule has 0 amide bonds. The summed E-state index contributed by atoms with van der Waals surface area (Å²) in [5.74, 6) is 0.845. The van der Waals surface area contributed by atoms with Gasteiger partial charge in [0.15, 0.2) is 0 Å². The summed E-state index contributed by atoms with van der Waals surface area (Å²) in [5.41, 5.74) is 0. The SMILES string of the molecule is C=CC(C)(C)S.C=CCC(C)CCC.CC.N.N. The topological polar surface area (TPSA) is 70.0 Å². The maximum atomic E-state index is 4.14. The highest BCUT2D eigenvalue weighted by Crippen LogP contribution is 2.10. The van der Waals surface area contributed by atoms with Crippen LogP contribution in [0, 0.1) is 5.92 Å². The Hall–Kier alpha value is -0.250. The average Bonchev–Trinajstić information content (AvgIpc) is 2.21. The lowest BCUT2D eigenvalue weighted by molar-refractivity contribution is 0.532. The van der Waals surface area contributed by atoms with E-state index in [2.05, 4.69) is 39.6 Å². The van der Waals surface area contributed by atoms with Gasteiger partial charge >= 0.3 is 0 Å². The van der Waals surface area contributed by atoms with Crippen LogP contribution < -0.4 is 12.3 Å². The van der Waals surface area contributed by atoms with Crippen LogP contribution in [0.2, 0.25) is 0 Å². The van der Waals surface area contributed by atoms with Gasteiger partial charge in [0.25, 0.3) is 0 Å². The average molecular weight is 279 g/mol. The minimum atomic E-state index is 0. The fraction of sp³-hybridized carbons (Fsp3) is 0.733. The van der Waals surface area contributed by atoms with Crippen LogP contribution in [0.15, 0.2) is 25.3 Å². The van der Waals surface area contributed by atoms with Crippen LogP contribution in [-0.2, 0) is 0 Å². The summed E-state index contributed by atoms with van der Waals surface area (Å²) in [4.78, 5) is 0. The zero-order valence-electron chi connectivity index (χ0n) is 13.6. The summed E-state index contributed by atoms with van der Waals surface area (Å²) in [7, 11) is 0. The van der Waals surface area contributed by atoms with Crippen molar-refractivity contribution < 1.29 is 0 Å². The first kappa shape index (κ1) is 30.6. The molecule has 0 fully saturated rings. The van der Waals surface area contributed by atoms with Gasteiger partial charge in [-0.05, 0) is 26.2 Å². The molecular weight excluding hydrogens is 240 g/mol. The summed E-state index contributed by atoms with van der Waals surface area (Å²) in [6.45, 7) is 19.7. The quantitative estimate of drug-likeness (QED) is 0.412. The van der Waals surface area contributed by atoms with Gasteiger partial charge in [-0.3, -0.25) is 0 Å². The first-order chi connectivity index (χ1) is 7.37. The van der Waals surface area contributed by atoms with Crippen molar-refractivity contribution in [1.29, 1.82) is 0 Å². The van der Waals surface area contributed by atoms with Crippen molar-refractivity contribution in [3.63, 3.8) is 0 Å². The minimum absolute atomic E-state index is 0. The van der Waals surface area contributed by atoms with Crippen LogP contribution in [0.1, 0.15) is 60.8 Å². The third-order valence-corrected chi connectivity index (χ3v) is 2.03. The van der Waals surface area contributed by atoms with Crippen LogP contribution in [0.25, 0.3) is 0 Å². The molecule has 0 rings (SSSR count). The first-order valence-corrected chi connectivity index (χ1v) is 6.79. The summed E-state index contributed by atoms with van der Waals surface area (Å²) < 4.78 is 0. The van der Waals surface area contributed by atoms with Crippen LogP contribution >= 0.6 is 12.6 Å². The molecule has 0 spiro atoms. The van der Waals surface area contributed by atoms with Gasteiger partial charge in [-0.1, -0.05) is 52.7 Å². The molecule has 0 radical (unpaired) electrons. The predicted octanol–water partition coefficient (Wildman–Crippen LogP) is 6.23. The van der Waals surface area contributed by atoms with Crippen molar-refractivity contribution in [3.8, 4) is 0 Å². The molecule has 0 saturated heterocycles. The van der Waals surface area contributed by atoms with E-state index in [1.807, 2.05) is 33.8 Å². The molecule has 0 aromatic carbocycles. The van der Waals surface area contributed by atoms with Gasteiger partial charge in [0.1, 0.15) is 0 Å². The summed E-state index contributed by atoms with van der Waals surface area (Å²) in [6.07, 6.45) is 7.62. The standard InChI is InChI=1S/C8H16.C5H10S.C2H6.2H3N/c1-4-6-8(3)7-5-2;1-4-5(2,3)6;1-2;;/h4,8H,1,5-7H2,2-3H3;4,6H,1H2,2-3H3;1-2H3;2*1H3. The molecular formula is C15H38N2S. The molecule has 0 heterocycles. The molecule has 18 heavy (non-hydrogen) atoms. The number of thiol groups is 1. The van der Waals surface area contributed by atoms with Gasteiger partial charge in [-0.25, -0.2) is 0 Å². The molecule has 3 heteroatoms. The van der Waals surface area contributed by atoms with Crippen molar-refractivity contribution in [2.45, 2.75) is 65.6 Å². The van der Waals surface area contributed by atoms with Crippen molar-refractivity contribution in [3.05, 3.63) is 25.3 Å². The van der Waals surface area contributed by atoms with Gasteiger partial charge in [0.05, 0.1) is 0 Å². The van der Waals surface area contributed by atoms with Gasteiger partial charge < -0.3 is 12.3 Å². The number of hydrogen-bond acceptors (Lipinski definition) is 3. The Morgan fingerprint density at radius 1 is 1.17 bits per heavy atom. The largest absolute Gasteiger partial charge is 0.344 e. The van der Waals surface area contributed by atoms with Crippen LogP contribution in [0.3, 0.4) is 0 Å². The van der Waals surface area contributed by atoms with E-state index in [4.69, 9.17) is 0 Å². The monoisotopic (exact) mass is 278 g/mol. The van der Waals surface area contributed by atoms with Gasteiger partial charge in [-0.15, -0.1) is 13.2 Å². The Morgan fingerprint density at radius 3 is 1.67 bits per heavy atom. The highest BCUT2D eigenvalue weighted by molar-refractivity contribution is 7.82. The van der Waals surface area contributed by atoms with E-state index in [1.165, 1.54) is 19.3 Å². The van der Waals surface area contributed by atoms with Gasteiger partial charge in [0.2, 0.25) is 0 Å². The Balaban J connectivity index is -0.0000000511. The Labute approximate surface area is 122 Å². The lowest BCUT2D eigenvalue weighted by Crippen LogP contribution is -2.02. The number of rotatable bonds is 5. The molecule has 6 N–H and O–H groups in total. The van der Waals surface area contributed by atoms with E-state index >= 15 is 0 Å². The Kier molecular flexibility index (Phi) is 37.4. The molecule has 2 nitrogen and oxygen atoms in total. The summed E-state index contributed by atoms with van der Waals surface area (Å²) >= 11 is 4.14. The Morgan fingerprint density at radius 2 is 1.50 bits per heavy atom. The highest BCUT2D eigenvalue weighted by atomic mass is 32.1. The molecule has 0 aromatic heterocycles. The maximum absolute atomic E-state index is 4.14. The van der Waals surface area contributed by atoms with Crippen LogP contribution in [0.5, 0.6) is 0 Å². The second-order valence-corrected chi connectivity index (χ2v) is 5.43. The third kappa shape index (κ3) is 44.8. The van der Waals surface area contributed by atoms with Crippen molar-refractivity contribution in [2.75, 3.05) is 0 Å². The lowest BCUT2D eigenvalue weighted by atomic mass is 10.0. The van der Waals surface area contributed by atoms with Crippen molar-refractivity contribution >= 4 is 12.6 Å². The fourth-order valence-electron chi connectivity index (χ4n) is 0.895. The lowest BCUT2D eigenvalue weighted by Gasteiger charge is -2.07. The van der Waals surface area contributed by atoms with E-state index in [9.17, 15) is 0 Å². The zero-order valence-corrected chi connectivity index (χ0v) is 14.5. The van der Waals surface area contributed by atoms with E-state index in [0.717, 1.165) is 5.92 Å². The van der Waals surface area contributed by atoms with E-state index in [1.54, 1.807) is 6.08 Å². The minimum Gasteiger partial charge on any atom is -0.344 e. The molecule has 0 aromatic rings. The summed E-state index contributed by atoms with van der Waals surface area (Å²) in [6, 6.07) is 0. The van der Waals surface area contributed by atoms with Crippen LogP contribution in [-0.4, -0.2) is 4.75 Å². The molecule has 0 aliphatic rings. The normalized spacial score (nSPS) is 9.94. The molecule has 114 valence electrons. The third-order valence-electron chi connectivity index (χ3n) is 1.85. The second-order valence-electron chi connectivity index (χ2n) is 4.28. The second kappa shape index (κ2) is 22.0. The van der Waals surface area contributed by atoms with E-state index in [-0.39, 0.29) is 17.0 Å². The molecule has 0 aliphatic heterocycles. The molecule has 0 bridgehead atoms. The van der Waals surface area contributed by atoms with Crippen molar-refractivity contribution in [2.24, 2.45) is 5.92 Å². The molecule has 0 aliphatic carbocycles. The Bertz CT molecular complexity index is 151. The van der Waals surface area contributed by atoms with Crippen LogP contribution in [0.4, 0.5) is 0 Å². The highest BCUT2D eigenvalue weighted by Gasteiger charge is 2.01. The zero-order chi connectivity index (χ0) is 13.6. The van der Waals surface area contributed by atoms with Crippen molar-refractivity contribution in [1.82, 2.24) is 12.3 Å². The van der Waals surface area contributed by atoms with E-state index in [0.29, 0.717) is 0 Å². The maximum Gasteiger partial charge on any atom is 0.0249 e. The molecule has 0 saturated carbocycles. The van der Waals surface area contributed by atoms with Gasteiger partial charge in [-0.2, -0.15) is 12.6 Å². The summed E-state index contributed by atoms with van der Waals surface area (Å²) in [5, 5.41) is 0. The van der Waals surface area contributed by atoms with Gasteiger partial charge in [0, 0.05) is 4.75 Å².